The first-order valence-electron chi connectivity index (χ1n) is 10.4. The average molecular weight is 431 g/mol. The molecule has 5 rings (SSSR count). The number of nitrogens with zero attached hydrogens (tertiary/aromatic N) is 7. The van der Waals surface area contributed by atoms with Gasteiger partial charge < -0.3 is 9.80 Å². The minimum atomic E-state index is -0.356. The molecule has 3 heterocycles. The molecule has 9 heteroatoms. The molecule has 4 aromatic rings. The van der Waals surface area contributed by atoms with E-state index in [0.717, 1.165) is 5.56 Å². The van der Waals surface area contributed by atoms with E-state index in [-0.39, 0.29) is 11.7 Å². The molecule has 1 aliphatic rings. The van der Waals surface area contributed by atoms with Crippen molar-refractivity contribution in [1.29, 1.82) is 0 Å². The van der Waals surface area contributed by atoms with Crippen LogP contribution in [0.2, 0.25) is 0 Å². The maximum Gasteiger partial charge on any atom is 0.253 e. The van der Waals surface area contributed by atoms with Crippen molar-refractivity contribution in [3.05, 3.63) is 71.3 Å². The molecule has 0 bridgehead atoms. The average Bonchev–Trinajstić information content (AvgIpc) is 3.25. The molecule has 8 nitrogen and oxygen atoms in total. The van der Waals surface area contributed by atoms with E-state index < -0.39 is 0 Å². The third-order valence-corrected chi connectivity index (χ3v) is 5.89. The molecular weight excluding hydrogens is 409 g/mol. The number of benzene rings is 2. The van der Waals surface area contributed by atoms with Gasteiger partial charge in [0.2, 0.25) is 0 Å². The molecule has 1 amide bonds. The lowest BCUT2D eigenvalue weighted by atomic mass is 10.1. The fraction of sp³-hybridized carbons (Fsp3) is 0.261. The zero-order chi connectivity index (χ0) is 22.2. The summed E-state index contributed by atoms with van der Waals surface area (Å²) in [6, 6.07) is 11.9. The topological polar surface area (TPSA) is 80.0 Å². The van der Waals surface area contributed by atoms with Crippen LogP contribution in [0.1, 0.15) is 21.5 Å². The number of hydrogen-bond acceptors (Lipinski definition) is 6. The normalized spacial score (nSPS) is 14.2. The molecule has 0 radical (unpaired) electrons. The van der Waals surface area contributed by atoms with Gasteiger partial charge in [-0.1, -0.05) is 17.3 Å². The van der Waals surface area contributed by atoms with Crippen LogP contribution in [-0.4, -0.2) is 61.9 Å². The fourth-order valence-corrected chi connectivity index (χ4v) is 3.93. The van der Waals surface area contributed by atoms with Gasteiger partial charge >= 0.3 is 0 Å². The van der Waals surface area contributed by atoms with E-state index in [4.69, 9.17) is 0 Å². The van der Waals surface area contributed by atoms with E-state index >= 15 is 0 Å². The summed E-state index contributed by atoms with van der Waals surface area (Å²) in [5.41, 5.74) is 4.59. The van der Waals surface area contributed by atoms with E-state index in [0.29, 0.717) is 54.4 Å². The highest BCUT2D eigenvalue weighted by molar-refractivity contribution is 5.94. The number of anilines is 1. The molecule has 1 fully saturated rings. The number of carbonyl (C=O) groups is 1. The Balaban J connectivity index is 1.36. The molecule has 0 unspecified atom stereocenters. The quantitative estimate of drug-likeness (QED) is 0.496. The van der Waals surface area contributed by atoms with Crippen molar-refractivity contribution < 1.29 is 9.18 Å². The van der Waals surface area contributed by atoms with Crippen LogP contribution in [-0.2, 0) is 0 Å². The second kappa shape index (κ2) is 7.99. The van der Waals surface area contributed by atoms with Gasteiger partial charge in [-0.25, -0.2) is 14.4 Å². The molecule has 32 heavy (non-hydrogen) atoms. The molecule has 0 N–H and O–H groups in total. The van der Waals surface area contributed by atoms with Gasteiger partial charge in [-0.05, 0) is 55.3 Å². The Morgan fingerprint density at radius 3 is 2.53 bits per heavy atom. The van der Waals surface area contributed by atoms with Gasteiger partial charge in [0.05, 0.1) is 5.69 Å². The molecule has 2 aromatic heterocycles. The van der Waals surface area contributed by atoms with Gasteiger partial charge in [0, 0.05) is 31.7 Å². The first-order valence-corrected chi connectivity index (χ1v) is 10.4. The highest BCUT2D eigenvalue weighted by Crippen LogP contribution is 2.24. The van der Waals surface area contributed by atoms with Crippen LogP contribution in [0.5, 0.6) is 0 Å². The minimum absolute atomic E-state index is 0.0395. The van der Waals surface area contributed by atoms with Crippen molar-refractivity contribution >= 4 is 22.9 Å². The molecule has 1 saturated heterocycles. The van der Waals surface area contributed by atoms with Crippen molar-refractivity contribution in [2.24, 2.45) is 0 Å². The van der Waals surface area contributed by atoms with Crippen LogP contribution in [0.15, 0.2) is 48.8 Å². The van der Waals surface area contributed by atoms with Crippen molar-refractivity contribution in [2.45, 2.75) is 13.8 Å². The van der Waals surface area contributed by atoms with Gasteiger partial charge in [-0.2, -0.15) is 4.68 Å². The molecule has 1 aliphatic heterocycles. The number of carbonyl (C=O) groups excluding carboxylic acids is 1. The number of amides is 1. The summed E-state index contributed by atoms with van der Waals surface area (Å²) in [5, 5.41) is 8.43. The summed E-state index contributed by atoms with van der Waals surface area (Å²) in [7, 11) is 0. The maximum atomic E-state index is 13.7. The Morgan fingerprint density at radius 1 is 0.969 bits per heavy atom. The van der Waals surface area contributed by atoms with Crippen LogP contribution in [0.25, 0.3) is 16.9 Å². The van der Waals surface area contributed by atoms with E-state index in [1.54, 1.807) is 12.1 Å². The minimum Gasteiger partial charge on any atom is -0.351 e. The van der Waals surface area contributed by atoms with Crippen molar-refractivity contribution in [3.63, 3.8) is 0 Å². The van der Waals surface area contributed by atoms with E-state index in [1.807, 2.05) is 36.9 Å². The number of piperazine rings is 1. The second-order valence-electron chi connectivity index (χ2n) is 7.93. The molecule has 0 saturated carbocycles. The van der Waals surface area contributed by atoms with E-state index in [2.05, 4.69) is 25.2 Å². The number of aromatic nitrogens is 5. The lowest BCUT2D eigenvalue weighted by Gasteiger charge is -2.35. The Labute approximate surface area is 184 Å². The van der Waals surface area contributed by atoms with Gasteiger partial charge in [0.25, 0.3) is 5.91 Å². The summed E-state index contributed by atoms with van der Waals surface area (Å²) < 4.78 is 15.2. The molecule has 162 valence electrons. The molecule has 0 atom stereocenters. The lowest BCUT2D eigenvalue weighted by molar-refractivity contribution is 0.0746. The third kappa shape index (κ3) is 3.55. The Morgan fingerprint density at radius 2 is 1.78 bits per heavy atom. The fourth-order valence-electron chi connectivity index (χ4n) is 3.93. The van der Waals surface area contributed by atoms with Crippen LogP contribution in [0.4, 0.5) is 10.2 Å². The van der Waals surface area contributed by atoms with Crippen LogP contribution in [0.3, 0.4) is 0 Å². The summed E-state index contributed by atoms with van der Waals surface area (Å²) in [6.45, 7) is 6.45. The summed E-state index contributed by atoms with van der Waals surface area (Å²) in [4.78, 5) is 25.6. The van der Waals surface area contributed by atoms with Crippen LogP contribution >= 0.6 is 0 Å². The number of fused-ring (bicyclic) bond motifs is 1. The Kier molecular flexibility index (Phi) is 5.01. The lowest BCUT2D eigenvalue weighted by Crippen LogP contribution is -2.49. The summed E-state index contributed by atoms with van der Waals surface area (Å²) in [6.07, 6.45) is 1.46. The van der Waals surface area contributed by atoms with Crippen molar-refractivity contribution in [1.82, 2.24) is 29.9 Å². The standard InChI is InChI=1S/C23H22FN7O/c1-15-6-7-17(12-16(15)2)23(32)30-10-8-29(9-11-30)21-20-22(26-14-25-21)31(28-27-20)19-5-3-4-18(24)13-19/h3-7,12-14H,8-11H2,1-2H3. The predicted molar refractivity (Wildman–Crippen MR) is 118 cm³/mol. The highest BCUT2D eigenvalue weighted by atomic mass is 19.1. The van der Waals surface area contributed by atoms with Gasteiger partial charge in [0.15, 0.2) is 17.0 Å². The second-order valence-corrected chi connectivity index (χ2v) is 7.93. The van der Waals surface area contributed by atoms with Gasteiger partial charge in [-0.3, -0.25) is 4.79 Å². The van der Waals surface area contributed by atoms with Crippen molar-refractivity contribution in [3.8, 4) is 5.69 Å². The van der Waals surface area contributed by atoms with E-state index in [1.165, 1.54) is 28.7 Å². The smallest absolute Gasteiger partial charge is 0.253 e. The number of halogens is 1. The van der Waals surface area contributed by atoms with Crippen LogP contribution in [0, 0.1) is 19.7 Å². The first-order chi connectivity index (χ1) is 15.5. The molecule has 0 spiro atoms. The third-order valence-electron chi connectivity index (χ3n) is 5.89. The van der Waals surface area contributed by atoms with Gasteiger partial charge in [-0.15, -0.1) is 5.10 Å². The van der Waals surface area contributed by atoms with Crippen LogP contribution < -0.4 is 4.90 Å². The first kappa shape index (κ1) is 20.0. The number of hydrogen-bond donors (Lipinski definition) is 0. The summed E-state index contributed by atoms with van der Waals surface area (Å²) >= 11 is 0. The molecule has 0 aliphatic carbocycles. The predicted octanol–water partition coefficient (Wildman–Crippen LogP) is 2.93. The zero-order valence-corrected chi connectivity index (χ0v) is 17.9. The SMILES string of the molecule is Cc1ccc(C(=O)N2CCN(c3ncnc4c3nnn4-c3cccc(F)c3)CC2)cc1C. The number of rotatable bonds is 3. The maximum absolute atomic E-state index is 13.7. The monoisotopic (exact) mass is 431 g/mol. The number of aryl methyl sites for hydroxylation is 2. The Bertz CT molecular complexity index is 1310. The highest BCUT2D eigenvalue weighted by Gasteiger charge is 2.25. The molecule has 2 aromatic carbocycles. The Hall–Kier alpha value is -3.88. The molecular formula is C23H22FN7O. The summed E-state index contributed by atoms with van der Waals surface area (Å²) in [5.74, 6) is 0.346. The van der Waals surface area contributed by atoms with Crippen molar-refractivity contribution in [2.75, 3.05) is 31.1 Å². The van der Waals surface area contributed by atoms with E-state index in [9.17, 15) is 9.18 Å². The largest absolute Gasteiger partial charge is 0.351 e. The zero-order valence-electron chi connectivity index (χ0n) is 17.9. The van der Waals surface area contributed by atoms with Gasteiger partial charge in [0.1, 0.15) is 12.1 Å².